The quantitative estimate of drug-likeness (QED) is 0.834. The number of nitrogens with one attached hydrogen (secondary N) is 1. The molecule has 0 spiro atoms. The molecule has 1 atom stereocenters. The fourth-order valence-corrected chi connectivity index (χ4v) is 2.25. The molecular formula is C12H17N3O. The molecule has 4 nitrogen and oxygen atoms in total. The van der Waals surface area contributed by atoms with E-state index in [1.165, 1.54) is 0 Å². The summed E-state index contributed by atoms with van der Waals surface area (Å²) in [6.07, 6.45) is 5.61. The van der Waals surface area contributed by atoms with Gasteiger partial charge in [-0.1, -0.05) is 13.8 Å². The van der Waals surface area contributed by atoms with Crippen LogP contribution in [0.15, 0.2) is 18.6 Å². The molecule has 1 aromatic heterocycles. The average Bonchev–Trinajstić information content (AvgIpc) is 2.63. The Labute approximate surface area is 95.5 Å². The first kappa shape index (κ1) is 11.0. The lowest BCUT2D eigenvalue weighted by molar-refractivity contribution is -0.120. The third-order valence-corrected chi connectivity index (χ3v) is 3.43. The second-order valence-corrected chi connectivity index (χ2v) is 4.74. The van der Waals surface area contributed by atoms with Crippen molar-refractivity contribution in [2.45, 2.75) is 38.6 Å². The second-order valence-electron chi connectivity index (χ2n) is 4.74. The monoisotopic (exact) mass is 219 g/mol. The van der Waals surface area contributed by atoms with Crippen LogP contribution in [0.4, 0.5) is 0 Å². The SMILES string of the molecule is CC(C)C1(Cc2ccncn2)CCC(=O)N1. The zero-order valence-corrected chi connectivity index (χ0v) is 9.73. The highest BCUT2D eigenvalue weighted by Gasteiger charge is 2.40. The lowest BCUT2D eigenvalue weighted by Gasteiger charge is -2.33. The molecule has 1 N–H and O–H groups in total. The van der Waals surface area contributed by atoms with Crippen LogP contribution in [0.1, 0.15) is 32.4 Å². The lowest BCUT2D eigenvalue weighted by Crippen LogP contribution is -2.48. The van der Waals surface area contributed by atoms with E-state index in [0.29, 0.717) is 12.3 Å². The molecule has 1 fully saturated rings. The van der Waals surface area contributed by atoms with Gasteiger partial charge >= 0.3 is 0 Å². The van der Waals surface area contributed by atoms with Gasteiger partial charge in [-0.2, -0.15) is 0 Å². The summed E-state index contributed by atoms with van der Waals surface area (Å²) < 4.78 is 0. The van der Waals surface area contributed by atoms with Gasteiger partial charge in [0, 0.05) is 30.3 Å². The molecule has 0 saturated carbocycles. The Bertz CT molecular complexity index is 377. The van der Waals surface area contributed by atoms with Crippen molar-refractivity contribution in [2.75, 3.05) is 0 Å². The van der Waals surface area contributed by atoms with Crippen molar-refractivity contribution in [1.82, 2.24) is 15.3 Å². The van der Waals surface area contributed by atoms with Crippen LogP contribution in [0.5, 0.6) is 0 Å². The minimum atomic E-state index is -0.120. The Hall–Kier alpha value is -1.45. The molecular weight excluding hydrogens is 202 g/mol. The molecule has 0 bridgehead atoms. The molecule has 0 radical (unpaired) electrons. The van der Waals surface area contributed by atoms with Crippen molar-refractivity contribution in [2.24, 2.45) is 5.92 Å². The highest BCUT2D eigenvalue weighted by atomic mass is 16.2. The molecule has 86 valence electrons. The van der Waals surface area contributed by atoms with Gasteiger partial charge in [-0.15, -0.1) is 0 Å². The van der Waals surface area contributed by atoms with Crippen molar-refractivity contribution in [3.63, 3.8) is 0 Å². The highest BCUT2D eigenvalue weighted by molar-refractivity contribution is 5.79. The molecule has 1 aromatic rings. The van der Waals surface area contributed by atoms with E-state index < -0.39 is 0 Å². The van der Waals surface area contributed by atoms with E-state index >= 15 is 0 Å². The highest BCUT2D eigenvalue weighted by Crippen LogP contribution is 2.31. The minimum Gasteiger partial charge on any atom is -0.350 e. The number of carbonyl (C=O) groups is 1. The van der Waals surface area contributed by atoms with Crippen molar-refractivity contribution in [1.29, 1.82) is 0 Å². The Kier molecular flexibility index (Phi) is 2.90. The van der Waals surface area contributed by atoms with E-state index in [1.807, 2.05) is 6.07 Å². The maximum absolute atomic E-state index is 11.4. The Morgan fingerprint density at radius 2 is 2.38 bits per heavy atom. The van der Waals surface area contributed by atoms with Gasteiger partial charge in [-0.25, -0.2) is 9.97 Å². The molecule has 0 aliphatic carbocycles. The Morgan fingerprint density at radius 1 is 1.56 bits per heavy atom. The third kappa shape index (κ3) is 2.05. The van der Waals surface area contributed by atoms with Crippen molar-refractivity contribution < 1.29 is 4.79 Å². The molecule has 16 heavy (non-hydrogen) atoms. The van der Waals surface area contributed by atoms with Crippen LogP contribution in [0, 0.1) is 5.92 Å². The summed E-state index contributed by atoms with van der Waals surface area (Å²) in [7, 11) is 0. The Morgan fingerprint density at radius 3 is 2.88 bits per heavy atom. The first-order valence-electron chi connectivity index (χ1n) is 5.68. The topological polar surface area (TPSA) is 54.9 Å². The standard InChI is InChI=1S/C12H17N3O/c1-9(2)12(5-3-11(16)15-12)7-10-4-6-13-8-14-10/h4,6,8-9H,3,5,7H2,1-2H3,(H,15,16). The zero-order valence-electron chi connectivity index (χ0n) is 9.73. The zero-order chi connectivity index (χ0) is 11.6. The van der Waals surface area contributed by atoms with E-state index in [2.05, 4.69) is 29.1 Å². The summed E-state index contributed by atoms with van der Waals surface area (Å²) >= 11 is 0. The summed E-state index contributed by atoms with van der Waals surface area (Å²) in [4.78, 5) is 19.5. The molecule has 4 heteroatoms. The van der Waals surface area contributed by atoms with Gasteiger partial charge < -0.3 is 5.32 Å². The van der Waals surface area contributed by atoms with Crippen LogP contribution in [-0.4, -0.2) is 21.4 Å². The van der Waals surface area contributed by atoms with Gasteiger partial charge in [-0.05, 0) is 18.4 Å². The predicted octanol–water partition coefficient (Wildman–Crippen LogP) is 1.32. The van der Waals surface area contributed by atoms with E-state index in [9.17, 15) is 4.79 Å². The molecule has 1 saturated heterocycles. The molecule has 1 aliphatic heterocycles. The van der Waals surface area contributed by atoms with Gasteiger partial charge in [0.15, 0.2) is 0 Å². The van der Waals surface area contributed by atoms with Gasteiger partial charge in [0.1, 0.15) is 6.33 Å². The minimum absolute atomic E-state index is 0.120. The third-order valence-electron chi connectivity index (χ3n) is 3.43. The number of amides is 1. The van der Waals surface area contributed by atoms with Crippen LogP contribution in [0.2, 0.25) is 0 Å². The number of nitrogens with zero attached hydrogens (tertiary/aromatic N) is 2. The number of rotatable bonds is 3. The van der Waals surface area contributed by atoms with E-state index in [1.54, 1.807) is 12.5 Å². The number of hydrogen-bond acceptors (Lipinski definition) is 3. The first-order valence-corrected chi connectivity index (χ1v) is 5.68. The van der Waals surface area contributed by atoms with Crippen molar-refractivity contribution in [3.8, 4) is 0 Å². The van der Waals surface area contributed by atoms with Crippen LogP contribution >= 0.6 is 0 Å². The van der Waals surface area contributed by atoms with Crippen molar-refractivity contribution >= 4 is 5.91 Å². The molecule has 2 rings (SSSR count). The van der Waals surface area contributed by atoms with Gasteiger partial charge in [-0.3, -0.25) is 4.79 Å². The lowest BCUT2D eigenvalue weighted by atomic mass is 9.81. The normalized spacial score (nSPS) is 24.8. The number of aromatic nitrogens is 2. The fourth-order valence-electron chi connectivity index (χ4n) is 2.25. The average molecular weight is 219 g/mol. The maximum Gasteiger partial charge on any atom is 0.220 e. The van der Waals surface area contributed by atoms with Crippen LogP contribution in [0.3, 0.4) is 0 Å². The number of carbonyl (C=O) groups excluding carboxylic acids is 1. The van der Waals surface area contributed by atoms with Crippen molar-refractivity contribution in [3.05, 3.63) is 24.3 Å². The first-order chi connectivity index (χ1) is 7.62. The van der Waals surface area contributed by atoms with Crippen LogP contribution in [-0.2, 0) is 11.2 Å². The Balaban J connectivity index is 2.19. The fraction of sp³-hybridized carbons (Fsp3) is 0.583. The van der Waals surface area contributed by atoms with Crippen LogP contribution < -0.4 is 5.32 Å². The second kappa shape index (κ2) is 4.20. The van der Waals surface area contributed by atoms with Gasteiger partial charge in [0.05, 0.1) is 0 Å². The molecule has 1 unspecified atom stereocenters. The van der Waals surface area contributed by atoms with E-state index in [-0.39, 0.29) is 11.4 Å². The molecule has 1 aliphatic rings. The molecule has 0 aromatic carbocycles. The summed E-state index contributed by atoms with van der Waals surface area (Å²) in [5.74, 6) is 0.566. The molecule has 2 heterocycles. The predicted molar refractivity (Wildman–Crippen MR) is 60.7 cm³/mol. The smallest absolute Gasteiger partial charge is 0.220 e. The van der Waals surface area contributed by atoms with E-state index in [4.69, 9.17) is 0 Å². The van der Waals surface area contributed by atoms with Crippen LogP contribution in [0.25, 0.3) is 0 Å². The van der Waals surface area contributed by atoms with E-state index in [0.717, 1.165) is 18.5 Å². The summed E-state index contributed by atoms with van der Waals surface area (Å²) in [6, 6.07) is 1.91. The summed E-state index contributed by atoms with van der Waals surface area (Å²) in [5, 5.41) is 3.12. The van der Waals surface area contributed by atoms with Gasteiger partial charge in [0.2, 0.25) is 5.91 Å². The number of hydrogen-bond donors (Lipinski definition) is 1. The van der Waals surface area contributed by atoms with Gasteiger partial charge in [0.25, 0.3) is 0 Å². The molecule has 1 amide bonds. The maximum atomic E-state index is 11.4. The summed E-state index contributed by atoms with van der Waals surface area (Å²) in [6.45, 7) is 4.29. The summed E-state index contributed by atoms with van der Waals surface area (Å²) in [5.41, 5.74) is 0.872. The largest absolute Gasteiger partial charge is 0.350 e.